The Balaban J connectivity index is 2.04. The lowest BCUT2D eigenvalue weighted by Crippen LogP contribution is -2.15. The smallest absolute Gasteiger partial charge is 0.124 e. The van der Waals surface area contributed by atoms with Crippen molar-refractivity contribution in [2.45, 2.75) is 33.4 Å². The third kappa shape index (κ3) is 4.76. The lowest BCUT2D eigenvalue weighted by Gasteiger charge is -2.13. The Morgan fingerprint density at radius 2 is 1.86 bits per heavy atom. The maximum Gasteiger partial charge on any atom is 0.124 e. The zero-order valence-electron chi connectivity index (χ0n) is 12.7. The largest absolute Gasteiger partial charge is 0.489 e. The molecule has 2 aromatic carbocycles. The molecule has 21 heavy (non-hydrogen) atoms. The number of nitrogens with one attached hydrogen (secondary N) is 1. The summed E-state index contributed by atoms with van der Waals surface area (Å²) < 4.78 is 5.94. The van der Waals surface area contributed by atoms with Crippen LogP contribution in [0.5, 0.6) is 5.75 Å². The molecule has 2 aromatic rings. The van der Waals surface area contributed by atoms with Crippen LogP contribution in [0.2, 0.25) is 5.02 Å². The van der Waals surface area contributed by atoms with E-state index in [2.05, 4.69) is 30.4 Å². The minimum atomic E-state index is 0.561. The first kappa shape index (κ1) is 15.9. The quantitative estimate of drug-likeness (QED) is 0.747. The molecule has 0 aliphatic rings. The average molecular weight is 304 g/mol. The van der Waals surface area contributed by atoms with Crippen LogP contribution in [0, 0.1) is 6.92 Å². The summed E-state index contributed by atoms with van der Waals surface area (Å²) in [6.45, 7) is 6.67. The minimum Gasteiger partial charge on any atom is -0.489 e. The molecule has 0 unspecified atom stereocenters. The maximum absolute atomic E-state index is 6.02. The monoisotopic (exact) mass is 303 g/mol. The third-order valence-corrected chi connectivity index (χ3v) is 3.63. The Hall–Kier alpha value is -1.51. The van der Waals surface area contributed by atoms with Crippen LogP contribution in [0.25, 0.3) is 0 Å². The fraction of sp³-hybridized carbons (Fsp3) is 0.333. The molecule has 0 aromatic heterocycles. The van der Waals surface area contributed by atoms with Crippen molar-refractivity contribution in [2.75, 3.05) is 6.54 Å². The number of halogens is 1. The second-order valence-electron chi connectivity index (χ2n) is 5.14. The predicted octanol–water partition coefficient (Wildman–Crippen LogP) is 4.73. The van der Waals surface area contributed by atoms with E-state index in [-0.39, 0.29) is 0 Å². The summed E-state index contributed by atoms with van der Waals surface area (Å²) in [5.74, 6) is 0.846. The van der Waals surface area contributed by atoms with Gasteiger partial charge in [0.1, 0.15) is 12.4 Å². The number of rotatable bonds is 7. The van der Waals surface area contributed by atoms with Crippen molar-refractivity contribution in [1.29, 1.82) is 0 Å². The molecule has 0 amide bonds. The van der Waals surface area contributed by atoms with E-state index in [1.54, 1.807) is 0 Å². The van der Waals surface area contributed by atoms with Crippen LogP contribution in [0.15, 0.2) is 42.5 Å². The Morgan fingerprint density at radius 1 is 1.10 bits per heavy atom. The Bertz CT molecular complexity index is 583. The zero-order valence-corrected chi connectivity index (χ0v) is 13.4. The van der Waals surface area contributed by atoms with Crippen LogP contribution in [0.1, 0.15) is 30.0 Å². The molecule has 0 radical (unpaired) electrons. The highest BCUT2D eigenvalue weighted by Gasteiger charge is 2.05. The van der Waals surface area contributed by atoms with Crippen LogP contribution >= 0.6 is 11.6 Å². The lowest BCUT2D eigenvalue weighted by atomic mass is 10.1. The number of aryl methyl sites for hydroxylation is 1. The summed E-state index contributed by atoms with van der Waals surface area (Å²) >= 11 is 6.02. The van der Waals surface area contributed by atoms with E-state index in [1.165, 1.54) is 11.1 Å². The Kier molecular flexibility index (Phi) is 6.09. The van der Waals surface area contributed by atoms with Gasteiger partial charge in [0.05, 0.1) is 0 Å². The van der Waals surface area contributed by atoms with E-state index in [9.17, 15) is 0 Å². The molecule has 0 heterocycles. The van der Waals surface area contributed by atoms with Gasteiger partial charge >= 0.3 is 0 Å². The van der Waals surface area contributed by atoms with Crippen LogP contribution in [-0.2, 0) is 13.2 Å². The molecule has 3 heteroatoms. The van der Waals surface area contributed by atoms with Gasteiger partial charge in [-0.05, 0) is 48.7 Å². The van der Waals surface area contributed by atoms with Gasteiger partial charge in [-0.2, -0.15) is 0 Å². The van der Waals surface area contributed by atoms with Crippen molar-refractivity contribution in [2.24, 2.45) is 0 Å². The molecule has 0 atom stereocenters. The maximum atomic E-state index is 6.02. The summed E-state index contributed by atoms with van der Waals surface area (Å²) in [7, 11) is 0. The first-order valence-electron chi connectivity index (χ1n) is 7.37. The van der Waals surface area contributed by atoms with Crippen molar-refractivity contribution < 1.29 is 4.74 Å². The normalized spacial score (nSPS) is 10.6. The fourth-order valence-corrected chi connectivity index (χ4v) is 2.32. The molecule has 2 rings (SSSR count). The number of ether oxygens (including phenoxy) is 1. The summed E-state index contributed by atoms with van der Waals surface area (Å²) in [6, 6.07) is 14.1. The van der Waals surface area contributed by atoms with Crippen molar-refractivity contribution in [3.63, 3.8) is 0 Å². The molecule has 0 fully saturated rings. The van der Waals surface area contributed by atoms with Gasteiger partial charge < -0.3 is 10.1 Å². The van der Waals surface area contributed by atoms with Gasteiger partial charge in [0.25, 0.3) is 0 Å². The van der Waals surface area contributed by atoms with Crippen molar-refractivity contribution in [1.82, 2.24) is 5.32 Å². The van der Waals surface area contributed by atoms with Crippen LogP contribution in [0.4, 0.5) is 0 Å². The van der Waals surface area contributed by atoms with Crippen molar-refractivity contribution in [3.05, 3.63) is 64.2 Å². The first-order chi connectivity index (χ1) is 10.2. The molecule has 0 aliphatic carbocycles. The topological polar surface area (TPSA) is 21.3 Å². The molecule has 1 N–H and O–H groups in total. The second kappa shape index (κ2) is 8.06. The van der Waals surface area contributed by atoms with Crippen molar-refractivity contribution >= 4 is 11.6 Å². The van der Waals surface area contributed by atoms with E-state index < -0.39 is 0 Å². The van der Waals surface area contributed by atoms with Crippen molar-refractivity contribution in [3.8, 4) is 5.75 Å². The molecule has 0 aliphatic heterocycles. The molecular formula is C18H22ClNO. The van der Waals surface area contributed by atoms with E-state index in [0.717, 1.165) is 30.8 Å². The van der Waals surface area contributed by atoms with Crippen LogP contribution in [-0.4, -0.2) is 6.54 Å². The van der Waals surface area contributed by atoms with Gasteiger partial charge in [0.2, 0.25) is 0 Å². The molecule has 112 valence electrons. The number of hydrogen-bond acceptors (Lipinski definition) is 2. The van der Waals surface area contributed by atoms with E-state index in [4.69, 9.17) is 16.3 Å². The van der Waals surface area contributed by atoms with E-state index >= 15 is 0 Å². The summed E-state index contributed by atoms with van der Waals surface area (Å²) in [5, 5.41) is 4.14. The standard InChI is InChI=1S/C18H22ClNO/c1-3-10-20-12-15-6-4-5-7-16(15)13-21-18-11-17(19)9-8-14(18)2/h4-9,11,20H,3,10,12-13H2,1-2H3. The summed E-state index contributed by atoms with van der Waals surface area (Å²) in [5.41, 5.74) is 3.59. The molecular weight excluding hydrogens is 282 g/mol. The minimum absolute atomic E-state index is 0.561. The second-order valence-corrected chi connectivity index (χ2v) is 5.58. The SMILES string of the molecule is CCCNCc1ccccc1COc1cc(Cl)ccc1C. The van der Waals surface area contributed by atoms with Gasteiger partial charge in [-0.15, -0.1) is 0 Å². The first-order valence-corrected chi connectivity index (χ1v) is 7.75. The lowest BCUT2D eigenvalue weighted by molar-refractivity contribution is 0.302. The van der Waals surface area contributed by atoms with Gasteiger partial charge in [0.15, 0.2) is 0 Å². The van der Waals surface area contributed by atoms with Crippen LogP contribution in [0.3, 0.4) is 0 Å². The van der Waals surface area contributed by atoms with Gasteiger partial charge in [-0.25, -0.2) is 0 Å². The molecule has 2 nitrogen and oxygen atoms in total. The predicted molar refractivity (Wildman–Crippen MR) is 89.0 cm³/mol. The van der Waals surface area contributed by atoms with Gasteiger partial charge in [0, 0.05) is 11.6 Å². The summed E-state index contributed by atoms with van der Waals surface area (Å²) in [6.07, 6.45) is 1.14. The van der Waals surface area contributed by atoms with Gasteiger partial charge in [-0.3, -0.25) is 0 Å². The molecule has 0 saturated heterocycles. The highest BCUT2D eigenvalue weighted by atomic mass is 35.5. The highest BCUT2D eigenvalue weighted by Crippen LogP contribution is 2.24. The summed E-state index contributed by atoms with van der Waals surface area (Å²) in [4.78, 5) is 0. The Labute approximate surface area is 132 Å². The number of hydrogen-bond donors (Lipinski definition) is 1. The van der Waals surface area contributed by atoms with Gasteiger partial charge in [-0.1, -0.05) is 48.9 Å². The molecule has 0 spiro atoms. The third-order valence-electron chi connectivity index (χ3n) is 3.39. The molecule has 0 saturated carbocycles. The van der Waals surface area contributed by atoms with Crippen LogP contribution < -0.4 is 10.1 Å². The zero-order chi connectivity index (χ0) is 15.1. The highest BCUT2D eigenvalue weighted by molar-refractivity contribution is 6.30. The molecule has 0 bridgehead atoms. The average Bonchev–Trinajstić information content (AvgIpc) is 2.49. The van der Waals surface area contributed by atoms with E-state index in [0.29, 0.717) is 11.6 Å². The van der Waals surface area contributed by atoms with E-state index in [1.807, 2.05) is 31.2 Å². The fourth-order valence-electron chi connectivity index (χ4n) is 2.16. The Morgan fingerprint density at radius 3 is 2.62 bits per heavy atom. The number of benzene rings is 2.